The lowest BCUT2D eigenvalue weighted by molar-refractivity contribution is -0.133. The predicted molar refractivity (Wildman–Crippen MR) is 93.2 cm³/mol. The van der Waals surface area contributed by atoms with Crippen LogP contribution in [0.2, 0.25) is 0 Å². The molecule has 0 saturated carbocycles. The van der Waals surface area contributed by atoms with E-state index in [-0.39, 0.29) is 12.0 Å². The standard InChI is InChI=1S/C18H25N3O3/c1-14(22)12-19-7-9-20(10-8-19)18(23)13-21-6-5-15-11-16(24-2)3-4-17(15)21/h3-6,11,14,22H,7-10,12-13H2,1-2H3/t14-/m0/s1. The van der Waals surface area contributed by atoms with Crippen LogP contribution in [0.3, 0.4) is 0 Å². The fourth-order valence-corrected chi connectivity index (χ4v) is 3.24. The number of ether oxygens (including phenoxy) is 1. The second kappa shape index (κ2) is 7.23. The Bertz CT molecular complexity index is 703. The van der Waals surface area contributed by atoms with Crippen molar-refractivity contribution in [2.45, 2.75) is 19.6 Å². The zero-order chi connectivity index (χ0) is 17.1. The van der Waals surface area contributed by atoms with Crippen LogP contribution in [0.1, 0.15) is 6.92 Å². The minimum Gasteiger partial charge on any atom is -0.497 e. The summed E-state index contributed by atoms with van der Waals surface area (Å²) in [6.45, 7) is 5.90. The lowest BCUT2D eigenvalue weighted by Crippen LogP contribution is -2.50. The molecule has 0 bridgehead atoms. The number of carbonyl (C=O) groups is 1. The van der Waals surface area contributed by atoms with Crippen LogP contribution in [0.4, 0.5) is 0 Å². The average molecular weight is 331 g/mol. The molecule has 3 rings (SSSR count). The highest BCUT2D eigenvalue weighted by Gasteiger charge is 2.22. The highest BCUT2D eigenvalue weighted by molar-refractivity contribution is 5.84. The summed E-state index contributed by atoms with van der Waals surface area (Å²) in [5.41, 5.74) is 1.04. The van der Waals surface area contributed by atoms with Gasteiger partial charge in [0.05, 0.1) is 13.2 Å². The summed E-state index contributed by atoms with van der Waals surface area (Å²) >= 11 is 0. The van der Waals surface area contributed by atoms with Crippen LogP contribution in [0.5, 0.6) is 5.75 Å². The van der Waals surface area contributed by atoms with Crippen LogP contribution in [-0.4, -0.2) is 71.3 Å². The van der Waals surface area contributed by atoms with Crippen molar-refractivity contribution in [1.82, 2.24) is 14.4 Å². The molecule has 6 nitrogen and oxygen atoms in total. The van der Waals surface area contributed by atoms with E-state index in [1.54, 1.807) is 14.0 Å². The number of hydrogen-bond donors (Lipinski definition) is 1. The fraction of sp³-hybridized carbons (Fsp3) is 0.500. The van der Waals surface area contributed by atoms with Crippen molar-refractivity contribution >= 4 is 16.8 Å². The Morgan fingerprint density at radius 3 is 2.67 bits per heavy atom. The number of aromatic nitrogens is 1. The van der Waals surface area contributed by atoms with Crippen LogP contribution in [0.15, 0.2) is 30.5 Å². The molecule has 1 aromatic heterocycles. The van der Waals surface area contributed by atoms with Gasteiger partial charge in [-0.15, -0.1) is 0 Å². The number of aliphatic hydroxyl groups excluding tert-OH is 1. The van der Waals surface area contributed by atoms with Gasteiger partial charge in [-0.25, -0.2) is 0 Å². The molecule has 1 aromatic carbocycles. The van der Waals surface area contributed by atoms with Crippen molar-refractivity contribution in [2.75, 3.05) is 39.8 Å². The smallest absolute Gasteiger partial charge is 0.242 e. The molecule has 0 radical (unpaired) electrons. The number of nitrogens with zero attached hydrogens (tertiary/aromatic N) is 3. The third-order valence-electron chi connectivity index (χ3n) is 4.53. The summed E-state index contributed by atoms with van der Waals surface area (Å²) in [6.07, 6.45) is 1.63. The minimum atomic E-state index is -0.324. The van der Waals surface area contributed by atoms with Gasteiger partial charge in [-0.05, 0) is 31.2 Å². The summed E-state index contributed by atoms with van der Waals surface area (Å²) in [7, 11) is 1.65. The number of fused-ring (bicyclic) bond motifs is 1. The first-order valence-corrected chi connectivity index (χ1v) is 8.38. The molecule has 1 saturated heterocycles. The third-order valence-corrected chi connectivity index (χ3v) is 4.53. The first-order valence-electron chi connectivity index (χ1n) is 8.38. The topological polar surface area (TPSA) is 57.9 Å². The number of hydrogen-bond acceptors (Lipinski definition) is 4. The highest BCUT2D eigenvalue weighted by Crippen LogP contribution is 2.22. The molecule has 24 heavy (non-hydrogen) atoms. The Labute approximate surface area is 142 Å². The summed E-state index contributed by atoms with van der Waals surface area (Å²) in [5.74, 6) is 0.959. The SMILES string of the molecule is COc1ccc2c(ccn2CC(=O)N2CCN(C[C@H](C)O)CC2)c1. The zero-order valence-corrected chi connectivity index (χ0v) is 14.3. The molecular formula is C18H25N3O3. The van der Waals surface area contributed by atoms with Crippen molar-refractivity contribution in [3.63, 3.8) is 0 Å². The summed E-state index contributed by atoms with van der Waals surface area (Å²) < 4.78 is 7.22. The Kier molecular flexibility index (Phi) is 5.06. The van der Waals surface area contributed by atoms with Gasteiger partial charge in [0.25, 0.3) is 0 Å². The van der Waals surface area contributed by atoms with E-state index in [9.17, 15) is 9.90 Å². The number of β-amino-alcohol motifs (C(OH)–C–C–N with tert-alkyl or cyclic N) is 1. The van der Waals surface area contributed by atoms with Gasteiger partial charge in [-0.1, -0.05) is 0 Å². The van der Waals surface area contributed by atoms with Crippen LogP contribution in [-0.2, 0) is 11.3 Å². The summed E-state index contributed by atoms with van der Waals surface area (Å²) in [4.78, 5) is 16.7. The molecule has 0 spiro atoms. The minimum absolute atomic E-state index is 0.139. The van der Waals surface area contributed by atoms with Crippen molar-refractivity contribution in [3.05, 3.63) is 30.5 Å². The van der Waals surface area contributed by atoms with Crippen LogP contribution in [0.25, 0.3) is 10.9 Å². The second-order valence-corrected chi connectivity index (χ2v) is 6.40. The van der Waals surface area contributed by atoms with Crippen molar-refractivity contribution in [2.24, 2.45) is 0 Å². The van der Waals surface area contributed by atoms with E-state index in [1.807, 2.05) is 39.9 Å². The van der Waals surface area contributed by atoms with Crippen LogP contribution < -0.4 is 4.74 Å². The molecule has 130 valence electrons. The highest BCUT2D eigenvalue weighted by atomic mass is 16.5. The Balaban J connectivity index is 1.61. The number of methoxy groups -OCH3 is 1. The van der Waals surface area contributed by atoms with Crippen LogP contribution >= 0.6 is 0 Å². The molecule has 1 N–H and O–H groups in total. The zero-order valence-electron chi connectivity index (χ0n) is 14.3. The Hall–Kier alpha value is -2.05. The molecule has 1 amide bonds. The molecule has 0 unspecified atom stereocenters. The van der Waals surface area contributed by atoms with Gasteiger partial charge in [0.15, 0.2) is 0 Å². The fourth-order valence-electron chi connectivity index (χ4n) is 3.24. The molecule has 1 aliphatic heterocycles. The summed E-state index contributed by atoms with van der Waals surface area (Å²) in [6, 6.07) is 7.89. The largest absolute Gasteiger partial charge is 0.497 e. The molecule has 1 aliphatic rings. The monoisotopic (exact) mass is 331 g/mol. The third kappa shape index (κ3) is 3.71. The molecular weight excluding hydrogens is 306 g/mol. The van der Waals surface area contributed by atoms with E-state index in [0.29, 0.717) is 13.1 Å². The first kappa shape index (κ1) is 16.8. The van der Waals surface area contributed by atoms with Gasteiger partial charge in [-0.3, -0.25) is 9.69 Å². The molecule has 1 fully saturated rings. The maximum absolute atomic E-state index is 12.6. The summed E-state index contributed by atoms with van der Waals surface area (Å²) in [5, 5.41) is 10.5. The van der Waals surface area contributed by atoms with Gasteiger partial charge >= 0.3 is 0 Å². The van der Waals surface area contributed by atoms with E-state index in [0.717, 1.165) is 42.8 Å². The van der Waals surface area contributed by atoms with Crippen molar-refractivity contribution in [1.29, 1.82) is 0 Å². The number of carbonyl (C=O) groups excluding carboxylic acids is 1. The molecule has 2 heterocycles. The van der Waals surface area contributed by atoms with Gasteiger partial charge in [0.2, 0.25) is 5.91 Å². The van der Waals surface area contributed by atoms with E-state index >= 15 is 0 Å². The number of benzene rings is 1. The molecule has 0 aliphatic carbocycles. The van der Waals surface area contributed by atoms with Gasteiger partial charge in [0, 0.05) is 49.8 Å². The predicted octanol–water partition coefficient (Wildman–Crippen LogP) is 1.17. The van der Waals surface area contributed by atoms with Crippen molar-refractivity contribution in [3.8, 4) is 5.75 Å². The van der Waals surface area contributed by atoms with Gasteiger partial charge in [0.1, 0.15) is 12.3 Å². The number of aliphatic hydroxyl groups is 1. The maximum atomic E-state index is 12.6. The number of rotatable bonds is 5. The lowest BCUT2D eigenvalue weighted by atomic mass is 10.2. The normalized spacial score (nSPS) is 17.2. The van der Waals surface area contributed by atoms with Crippen molar-refractivity contribution < 1.29 is 14.6 Å². The number of piperazine rings is 1. The van der Waals surface area contributed by atoms with Gasteiger partial charge < -0.3 is 19.3 Å². The molecule has 6 heteroatoms. The van der Waals surface area contributed by atoms with E-state index < -0.39 is 0 Å². The molecule has 2 aromatic rings. The first-order chi connectivity index (χ1) is 11.6. The Morgan fingerprint density at radius 1 is 1.25 bits per heavy atom. The van der Waals surface area contributed by atoms with E-state index in [4.69, 9.17) is 4.74 Å². The quantitative estimate of drug-likeness (QED) is 0.894. The van der Waals surface area contributed by atoms with E-state index in [2.05, 4.69) is 4.90 Å². The average Bonchev–Trinajstić information content (AvgIpc) is 2.97. The second-order valence-electron chi connectivity index (χ2n) is 6.40. The van der Waals surface area contributed by atoms with Gasteiger partial charge in [-0.2, -0.15) is 0 Å². The number of amides is 1. The molecule has 1 atom stereocenters. The Morgan fingerprint density at radius 2 is 2.00 bits per heavy atom. The maximum Gasteiger partial charge on any atom is 0.242 e. The van der Waals surface area contributed by atoms with Crippen LogP contribution in [0, 0.1) is 0 Å². The van der Waals surface area contributed by atoms with E-state index in [1.165, 1.54) is 0 Å². The lowest BCUT2D eigenvalue weighted by Gasteiger charge is -2.35.